The van der Waals surface area contributed by atoms with Crippen molar-refractivity contribution in [3.8, 4) is 22.6 Å². The lowest BCUT2D eigenvalue weighted by atomic mass is 9.94. The van der Waals surface area contributed by atoms with Gasteiger partial charge in [0.05, 0.1) is 14.2 Å². The van der Waals surface area contributed by atoms with Gasteiger partial charge in [-0.05, 0) is 47.4 Å². The number of amides is 1. The van der Waals surface area contributed by atoms with Gasteiger partial charge in [-0.3, -0.25) is 4.79 Å². The Labute approximate surface area is 165 Å². The Kier molecular flexibility index (Phi) is 4.78. The SMILES string of the molecule is COc1ccc(CN2Cc3c(ccc(-c4ccccc4)c3C)C2=O)c(OC)c1. The Morgan fingerprint density at radius 1 is 0.929 bits per heavy atom. The second kappa shape index (κ2) is 7.39. The zero-order chi connectivity index (χ0) is 19.7. The summed E-state index contributed by atoms with van der Waals surface area (Å²) >= 11 is 0. The lowest BCUT2D eigenvalue weighted by molar-refractivity contribution is 0.0765. The van der Waals surface area contributed by atoms with Crippen LogP contribution >= 0.6 is 0 Å². The molecule has 0 N–H and O–H groups in total. The van der Waals surface area contributed by atoms with Crippen LogP contribution < -0.4 is 9.47 Å². The number of methoxy groups -OCH3 is 2. The summed E-state index contributed by atoms with van der Waals surface area (Å²) in [5.41, 5.74) is 6.39. The van der Waals surface area contributed by atoms with Crippen LogP contribution in [0.3, 0.4) is 0 Å². The van der Waals surface area contributed by atoms with E-state index < -0.39 is 0 Å². The van der Waals surface area contributed by atoms with Crippen LogP contribution in [0.5, 0.6) is 11.5 Å². The van der Waals surface area contributed by atoms with Gasteiger partial charge >= 0.3 is 0 Å². The van der Waals surface area contributed by atoms with E-state index in [0.29, 0.717) is 13.1 Å². The number of hydrogen-bond donors (Lipinski definition) is 0. The first-order valence-electron chi connectivity index (χ1n) is 9.30. The summed E-state index contributed by atoms with van der Waals surface area (Å²) in [5.74, 6) is 1.53. The fourth-order valence-electron chi connectivity index (χ4n) is 3.84. The molecular formula is C24H23NO3. The van der Waals surface area contributed by atoms with Crippen molar-refractivity contribution in [3.63, 3.8) is 0 Å². The molecule has 0 unspecified atom stereocenters. The van der Waals surface area contributed by atoms with Crippen molar-refractivity contribution in [1.29, 1.82) is 0 Å². The van der Waals surface area contributed by atoms with Crippen molar-refractivity contribution in [3.05, 3.63) is 82.9 Å². The number of benzene rings is 3. The van der Waals surface area contributed by atoms with E-state index in [-0.39, 0.29) is 5.91 Å². The minimum Gasteiger partial charge on any atom is -0.497 e. The summed E-state index contributed by atoms with van der Waals surface area (Å²) < 4.78 is 10.8. The number of hydrogen-bond acceptors (Lipinski definition) is 3. The Hall–Kier alpha value is -3.27. The maximum absolute atomic E-state index is 13.0. The first-order chi connectivity index (χ1) is 13.6. The molecule has 4 rings (SSSR count). The molecule has 0 aromatic heterocycles. The van der Waals surface area contributed by atoms with Crippen LogP contribution in [-0.4, -0.2) is 25.0 Å². The van der Waals surface area contributed by atoms with Gasteiger partial charge in [0.1, 0.15) is 11.5 Å². The lowest BCUT2D eigenvalue weighted by Gasteiger charge is -2.18. The highest BCUT2D eigenvalue weighted by Gasteiger charge is 2.30. The number of carbonyl (C=O) groups is 1. The minimum absolute atomic E-state index is 0.0654. The minimum atomic E-state index is 0.0654. The number of rotatable bonds is 5. The highest BCUT2D eigenvalue weighted by atomic mass is 16.5. The van der Waals surface area contributed by atoms with Gasteiger partial charge in [0.15, 0.2) is 0 Å². The molecule has 4 nitrogen and oxygen atoms in total. The molecule has 3 aromatic rings. The molecule has 1 heterocycles. The van der Waals surface area contributed by atoms with E-state index in [2.05, 4.69) is 25.1 Å². The zero-order valence-corrected chi connectivity index (χ0v) is 16.4. The Morgan fingerprint density at radius 2 is 1.68 bits per heavy atom. The van der Waals surface area contributed by atoms with Crippen molar-refractivity contribution in [2.75, 3.05) is 14.2 Å². The van der Waals surface area contributed by atoms with E-state index in [1.807, 2.05) is 47.4 Å². The van der Waals surface area contributed by atoms with E-state index in [1.54, 1.807) is 14.2 Å². The first kappa shape index (κ1) is 18.1. The molecule has 1 aliphatic heterocycles. The normalized spacial score (nSPS) is 12.8. The summed E-state index contributed by atoms with van der Waals surface area (Å²) in [4.78, 5) is 14.9. The molecule has 0 spiro atoms. The van der Waals surface area contributed by atoms with Gasteiger partial charge in [0.2, 0.25) is 0 Å². The summed E-state index contributed by atoms with van der Waals surface area (Å²) in [7, 11) is 3.26. The third-order valence-electron chi connectivity index (χ3n) is 5.41. The number of carbonyl (C=O) groups excluding carboxylic acids is 1. The Bertz CT molecular complexity index is 1030. The number of fused-ring (bicyclic) bond motifs is 1. The monoisotopic (exact) mass is 373 g/mol. The molecule has 1 amide bonds. The smallest absolute Gasteiger partial charge is 0.254 e. The molecule has 0 radical (unpaired) electrons. The quantitative estimate of drug-likeness (QED) is 0.643. The molecule has 28 heavy (non-hydrogen) atoms. The van der Waals surface area contributed by atoms with E-state index >= 15 is 0 Å². The number of ether oxygens (including phenoxy) is 2. The molecule has 0 bridgehead atoms. The van der Waals surface area contributed by atoms with E-state index in [0.717, 1.165) is 28.2 Å². The summed E-state index contributed by atoms with van der Waals surface area (Å²) in [6.45, 7) is 3.21. The molecule has 0 fully saturated rings. The summed E-state index contributed by atoms with van der Waals surface area (Å²) in [6.07, 6.45) is 0. The molecule has 1 aliphatic rings. The van der Waals surface area contributed by atoms with Crippen LogP contribution in [0, 0.1) is 6.92 Å². The summed E-state index contributed by atoms with van der Waals surface area (Å²) in [5, 5.41) is 0. The second-order valence-electron chi connectivity index (χ2n) is 6.97. The van der Waals surface area contributed by atoms with Crippen molar-refractivity contribution in [2.45, 2.75) is 20.0 Å². The van der Waals surface area contributed by atoms with Crippen molar-refractivity contribution >= 4 is 5.91 Å². The standard InChI is InChI=1S/C24H23NO3/c1-16-20(17-7-5-4-6-8-17)11-12-21-22(16)15-25(24(21)26)14-18-9-10-19(27-2)13-23(18)28-3/h4-13H,14-15H2,1-3H3. The van der Waals surface area contributed by atoms with Gasteiger partial charge in [0.25, 0.3) is 5.91 Å². The van der Waals surface area contributed by atoms with E-state index in [1.165, 1.54) is 16.7 Å². The van der Waals surface area contributed by atoms with Crippen LogP contribution in [0.1, 0.15) is 27.0 Å². The van der Waals surface area contributed by atoms with E-state index in [4.69, 9.17) is 9.47 Å². The molecule has 3 aromatic carbocycles. The average Bonchev–Trinajstić information content (AvgIpc) is 3.05. The van der Waals surface area contributed by atoms with Crippen LogP contribution in [0.4, 0.5) is 0 Å². The summed E-state index contributed by atoms with van der Waals surface area (Å²) in [6, 6.07) is 20.0. The van der Waals surface area contributed by atoms with Crippen LogP contribution in [-0.2, 0) is 13.1 Å². The topological polar surface area (TPSA) is 38.8 Å². The van der Waals surface area contributed by atoms with Gasteiger partial charge in [-0.15, -0.1) is 0 Å². The zero-order valence-electron chi connectivity index (χ0n) is 16.4. The molecule has 4 heteroatoms. The molecule has 0 saturated heterocycles. The molecule has 0 saturated carbocycles. The van der Waals surface area contributed by atoms with E-state index in [9.17, 15) is 4.79 Å². The highest BCUT2D eigenvalue weighted by Crippen LogP contribution is 2.35. The Balaban J connectivity index is 1.64. The Morgan fingerprint density at radius 3 is 2.39 bits per heavy atom. The fraction of sp³-hybridized carbons (Fsp3) is 0.208. The van der Waals surface area contributed by atoms with Gasteiger partial charge in [0, 0.05) is 30.3 Å². The predicted molar refractivity (Wildman–Crippen MR) is 110 cm³/mol. The maximum atomic E-state index is 13.0. The van der Waals surface area contributed by atoms with Crippen LogP contribution in [0.25, 0.3) is 11.1 Å². The van der Waals surface area contributed by atoms with Gasteiger partial charge in [-0.25, -0.2) is 0 Å². The number of nitrogens with zero attached hydrogens (tertiary/aromatic N) is 1. The fourth-order valence-corrected chi connectivity index (χ4v) is 3.84. The average molecular weight is 373 g/mol. The highest BCUT2D eigenvalue weighted by molar-refractivity contribution is 5.99. The van der Waals surface area contributed by atoms with Crippen LogP contribution in [0.2, 0.25) is 0 Å². The van der Waals surface area contributed by atoms with Gasteiger partial charge < -0.3 is 14.4 Å². The molecular weight excluding hydrogens is 350 g/mol. The third kappa shape index (κ3) is 3.11. The predicted octanol–water partition coefficient (Wildman–Crippen LogP) is 4.84. The molecule has 0 aliphatic carbocycles. The van der Waals surface area contributed by atoms with Crippen LogP contribution in [0.15, 0.2) is 60.7 Å². The van der Waals surface area contributed by atoms with Crippen molar-refractivity contribution < 1.29 is 14.3 Å². The van der Waals surface area contributed by atoms with Crippen molar-refractivity contribution in [2.24, 2.45) is 0 Å². The molecule has 142 valence electrons. The largest absolute Gasteiger partial charge is 0.497 e. The first-order valence-corrected chi connectivity index (χ1v) is 9.30. The molecule has 0 atom stereocenters. The van der Waals surface area contributed by atoms with Crippen molar-refractivity contribution in [1.82, 2.24) is 4.90 Å². The third-order valence-corrected chi connectivity index (χ3v) is 5.41. The maximum Gasteiger partial charge on any atom is 0.254 e. The second-order valence-corrected chi connectivity index (χ2v) is 6.97. The lowest BCUT2D eigenvalue weighted by Crippen LogP contribution is -2.23. The van der Waals surface area contributed by atoms with Gasteiger partial charge in [-0.1, -0.05) is 36.4 Å². The van der Waals surface area contributed by atoms with Gasteiger partial charge in [-0.2, -0.15) is 0 Å².